The van der Waals surface area contributed by atoms with Gasteiger partial charge < -0.3 is 20.2 Å². The molecule has 0 saturated heterocycles. The number of hydrogen-bond donors (Lipinski definition) is 2. The number of rotatable bonds is 3. The van der Waals surface area contributed by atoms with Crippen LogP contribution in [0.5, 0.6) is 5.75 Å². The lowest BCUT2D eigenvalue weighted by Gasteiger charge is -2.50. The lowest BCUT2D eigenvalue weighted by Crippen LogP contribution is -2.66. The Morgan fingerprint density at radius 1 is 1.32 bits per heavy atom. The van der Waals surface area contributed by atoms with E-state index in [9.17, 15) is 13.2 Å². The standard InChI is InChI=1S/C25H25ClFN5O4S/c1-14-21(30-20-6-3-15(26)12-32(14)20)22(33)29-16-4-5-18-17(11-16)25(13-27)19(7-10-36-18)37(34,35)24(8-2-9-24)23(28)31-25/h3-6,11-12,19H,2,7-10,13H2,1H3,(H2,28,31)(H,29,33). The zero-order chi connectivity index (χ0) is 26.2. The Morgan fingerprint density at radius 2 is 2.11 bits per heavy atom. The predicted octanol–water partition coefficient (Wildman–Crippen LogP) is 3.57. The van der Waals surface area contributed by atoms with Crippen molar-refractivity contribution in [3.8, 4) is 5.75 Å². The quantitative estimate of drug-likeness (QED) is 0.518. The number of benzene rings is 1. The molecular weight excluding hydrogens is 521 g/mol. The number of nitrogens with zero attached hydrogens (tertiary/aromatic N) is 3. The molecule has 2 unspecified atom stereocenters. The van der Waals surface area contributed by atoms with Crippen LogP contribution >= 0.6 is 11.6 Å². The van der Waals surface area contributed by atoms with Gasteiger partial charge in [0, 0.05) is 23.9 Å². The van der Waals surface area contributed by atoms with Crippen LogP contribution in [0.15, 0.2) is 41.5 Å². The molecule has 4 heterocycles. The highest BCUT2D eigenvalue weighted by molar-refractivity contribution is 7.94. The van der Waals surface area contributed by atoms with Crippen molar-refractivity contribution in [2.24, 2.45) is 10.7 Å². The molecule has 2 aliphatic heterocycles. The zero-order valence-corrected chi connectivity index (χ0v) is 21.6. The molecule has 0 radical (unpaired) electrons. The van der Waals surface area contributed by atoms with Crippen LogP contribution in [0.3, 0.4) is 0 Å². The molecular formula is C25H25ClFN5O4S. The maximum Gasteiger partial charge on any atom is 0.276 e. The maximum absolute atomic E-state index is 15.0. The fourth-order valence-electron chi connectivity index (χ4n) is 5.81. The summed E-state index contributed by atoms with van der Waals surface area (Å²) in [4.78, 5) is 22.1. The van der Waals surface area contributed by atoms with Crippen LogP contribution in [-0.2, 0) is 15.4 Å². The molecule has 0 bridgehead atoms. The number of amidine groups is 1. The Bertz CT molecular complexity index is 1600. The maximum atomic E-state index is 15.0. The van der Waals surface area contributed by atoms with Crippen LogP contribution in [0, 0.1) is 6.92 Å². The number of nitrogens with one attached hydrogen (secondary N) is 1. The summed E-state index contributed by atoms with van der Waals surface area (Å²) >= 11 is 6.08. The van der Waals surface area contributed by atoms with Crippen LogP contribution in [0.25, 0.3) is 5.65 Å². The molecule has 9 nitrogen and oxygen atoms in total. The van der Waals surface area contributed by atoms with E-state index in [1.54, 1.807) is 41.8 Å². The number of hydrogen-bond acceptors (Lipinski definition) is 7. The number of aromatic nitrogens is 2. The van der Waals surface area contributed by atoms with Gasteiger partial charge in [0.15, 0.2) is 9.84 Å². The zero-order valence-electron chi connectivity index (χ0n) is 20.0. The molecule has 37 heavy (non-hydrogen) atoms. The second-order valence-corrected chi connectivity index (χ2v) is 12.7. The number of aliphatic imine (C=N–C) groups is 1. The number of carbonyl (C=O) groups excluding carboxylic acids is 1. The predicted molar refractivity (Wildman–Crippen MR) is 138 cm³/mol. The average molecular weight is 546 g/mol. The van der Waals surface area contributed by atoms with Crippen molar-refractivity contribution in [3.05, 3.63) is 58.5 Å². The monoisotopic (exact) mass is 545 g/mol. The minimum absolute atomic E-state index is 0.0473. The number of pyridine rings is 1. The smallest absolute Gasteiger partial charge is 0.276 e. The van der Waals surface area contributed by atoms with E-state index < -0.39 is 38.0 Å². The van der Waals surface area contributed by atoms with Gasteiger partial charge in [0.2, 0.25) is 0 Å². The van der Waals surface area contributed by atoms with Crippen molar-refractivity contribution < 1.29 is 22.3 Å². The van der Waals surface area contributed by atoms with E-state index in [1.165, 1.54) is 6.07 Å². The number of sulfone groups is 1. The van der Waals surface area contributed by atoms with Gasteiger partial charge in [-0.05, 0) is 56.5 Å². The molecule has 1 amide bonds. The molecule has 2 aromatic heterocycles. The van der Waals surface area contributed by atoms with Gasteiger partial charge in [0.05, 0.1) is 22.6 Å². The molecule has 194 valence electrons. The first kappa shape index (κ1) is 24.2. The number of ether oxygens (including phenoxy) is 1. The number of anilines is 1. The number of alkyl halides is 1. The van der Waals surface area contributed by atoms with E-state index in [1.807, 2.05) is 0 Å². The second-order valence-electron chi connectivity index (χ2n) is 9.86. The van der Waals surface area contributed by atoms with Crippen LogP contribution in [0.4, 0.5) is 10.1 Å². The van der Waals surface area contributed by atoms with Crippen molar-refractivity contribution in [3.63, 3.8) is 0 Å². The number of amides is 1. The molecule has 3 N–H and O–H groups in total. The molecule has 1 aromatic carbocycles. The van der Waals surface area contributed by atoms with Crippen LogP contribution in [0.1, 0.15) is 47.4 Å². The van der Waals surface area contributed by atoms with Crippen molar-refractivity contribution in [1.82, 2.24) is 9.38 Å². The fourth-order valence-corrected chi connectivity index (χ4v) is 8.87. The van der Waals surface area contributed by atoms with Crippen LogP contribution < -0.4 is 15.8 Å². The lowest BCUT2D eigenvalue weighted by molar-refractivity contribution is 0.102. The Morgan fingerprint density at radius 3 is 2.81 bits per heavy atom. The molecule has 3 aromatic rings. The van der Waals surface area contributed by atoms with Gasteiger partial charge in [-0.2, -0.15) is 0 Å². The average Bonchev–Trinajstić information content (AvgIpc) is 3.05. The molecule has 1 fully saturated rings. The van der Waals surface area contributed by atoms with E-state index >= 15 is 4.39 Å². The summed E-state index contributed by atoms with van der Waals surface area (Å²) in [5, 5.41) is 2.17. The van der Waals surface area contributed by atoms with Crippen LogP contribution in [0.2, 0.25) is 5.02 Å². The Balaban J connectivity index is 1.42. The highest BCUT2D eigenvalue weighted by atomic mass is 35.5. The van der Waals surface area contributed by atoms with Gasteiger partial charge in [-0.3, -0.25) is 9.79 Å². The summed E-state index contributed by atoms with van der Waals surface area (Å²) in [6.45, 7) is 0.770. The van der Waals surface area contributed by atoms with Gasteiger partial charge in [-0.15, -0.1) is 0 Å². The van der Waals surface area contributed by atoms with Gasteiger partial charge in [-0.25, -0.2) is 17.8 Å². The molecule has 1 spiro atoms. The summed E-state index contributed by atoms with van der Waals surface area (Å²) in [7, 11) is -3.86. The van der Waals surface area contributed by atoms with E-state index in [0.29, 0.717) is 40.6 Å². The van der Waals surface area contributed by atoms with E-state index in [0.717, 1.165) is 6.42 Å². The number of halogens is 2. The third-order valence-electron chi connectivity index (χ3n) is 7.98. The summed E-state index contributed by atoms with van der Waals surface area (Å²) in [6, 6.07) is 8.12. The molecule has 3 aliphatic rings. The van der Waals surface area contributed by atoms with E-state index in [4.69, 9.17) is 22.1 Å². The highest BCUT2D eigenvalue weighted by Gasteiger charge is 2.65. The van der Waals surface area contributed by atoms with E-state index in [-0.39, 0.29) is 30.1 Å². The lowest BCUT2D eigenvalue weighted by atomic mass is 9.80. The van der Waals surface area contributed by atoms with Crippen LogP contribution in [-0.4, -0.2) is 52.8 Å². The van der Waals surface area contributed by atoms with Crippen molar-refractivity contribution >= 4 is 44.5 Å². The molecule has 12 heteroatoms. The fraction of sp³-hybridized carbons (Fsp3) is 0.400. The van der Waals surface area contributed by atoms with Gasteiger partial charge in [0.1, 0.15) is 39.9 Å². The number of imidazole rings is 1. The van der Waals surface area contributed by atoms with Gasteiger partial charge in [-0.1, -0.05) is 11.6 Å². The number of aryl methyl sites for hydroxylation is 1. The van der Waals surface area contributed by atoms with Crippen molar-refractivity contribution in [2.45, 2.75) is 48.1 Å². The Hall–Kier alpha value is -3.18. The summed E-state index contributed by atoms with van der Waals surface area (Å²) < 4.78 is 49.0. The number of nitrogens with two attached hydrogens (primary N) is 1. The SMILES string of the molecule is Cc1c(C(=O)Nc2ccc3c(c2)C2(CF)N=C(N)C4(CCC4)S(=O)(=O)C2CCO3)nc2ccc(Cl)cn12. The minimum atomic E-state index is -3.86. The molecule has 1 aliphatic carbocycles. The minimum Gasteiger partial charge on any atom is -0.493 e. The number of carbonyl (C=O) groups is 1. The Labute approximate surface area is 217 Å². The highest BCUT2D eigenvalue weighted by Crippen LogP contribution is 2.54. The first-order valence-electron chi connectivity index (χ1n) is 12.0. The molecule has 2 atom stereocenters. The summed E-state index contributed by atoms with van der Waals surface area (Å²) in [5.41, 5.74) is 6.42. The number of fused-ring (bicyclic) bond motifs is 4. The van der Waals surface area contributed by atoms with Crippen molar-refractivity contribution in [2.75, 3.05) is 18.6 Å². The van der Waals surface area contributed by atoms with Crippen molar-refractivity contribution in [1.29, 1.82) is 0 Å². The van der Waals surface area contributed by atoms with Gasteiger partial charge >= 0.3 is 0 Å². The second kappa shape index (κ2) is 8.16. The van der Waals surface area contributed by atoms with E-state index in [2.05, 4.69) is 15.3 Å². The first-order chi connectivity index (χ1) is 17.6. The Kier molecular flexibility index (Phi) is 5.33. The molecule has 6 rings (SSSR count). The normalized spacial score (nSPS) is 25.3. The topological polar surface area (TPSA) is 128 Å². The summed E-state index contributed by atoms with van der Waals surface area (Å²) in [6.07, 6.45) is 3.25. The third kappa shape index (κ3) is 3.26. The largest absolute Gasteiger partial charge is 0.493 e. The van der Waals surface area contributed by atoms with Gasteiger partial charge in [0.25, 0.3) is 5.91 Å². The third-order valence-corrected chi connectivity index (χ3v) is 11.3. The first-order valence-corrected chi connectivity index (χ1v) is 13.9. The summed E-state index contributed by atoms with van der Waals surface area (Å²) in [5.74, 6) is -0.215. The molecule has 1 saturated carbocycles.